The third-order valence-corrected chi connectivity index (χ3v) is 14.6. The van der Waals surface area contributed by atoms with E-state index in [9.17, 15) is 0 Å². The minimum atomic E-state index is 0.719. The van der Waals surface area contributed by atoms with Gasteiger partial charge in [0.25, 0.3) is 0 Å². The van der Waals surface area contributed by atoms with Crippen molar-refractivity contribution in [2.45, 2.75) is 285 Å². The lowest BCUT2D eigenvalue weighted by Gasteiger charge is -2.14. The molecule has 1 heterocycles. The number of rotatable bonds is 52. The highest BCUT2D eigenvalue weighted by Gasteiger charge is 2.09. The number of aromatic nitrogens is 1. The lowest BCUT2D eigenvalue weighted by Crippen LogP contribution is -2.03. The van der Waals surface area contributed by atoms with Crippen LogP contribution in [0.1, 0.15) is 307 Å². The first-order valence-electron chi connectivity index (χ1n) is 31.8. The molecule has 0 spiro atoms. The summed E-state index contributed by atoms with van der Waals surface area (Å²) in [5.74, 6) is 3.41. The van der Waals surface area contributed by atoms with E-state index in [1.807, 2.05) is 0 Å². The monoisotopic (exact) mass is 1020 g/mol. The van der Waals surface area contributed by atoms with Crippen molar-refractivity contribution in [2.75, 3.05) is 26.4 Å². The van der Waals surface area contributed by atoms with E-state index in [4.69, 9.17) is 23.9 Å². The average Bonchev–Trinajstić information content (AvgIpc) is 3.42. The van der Waals surface area contributed by atoms with Crippen LogP contribution in [0.4, 0.5) is 0 Å². The van der Waals surface area contributed by atoms with Crippen molar-refractivity contribution in [3.05, 3.63) is 77.1 Å². The van der Waals surface area contributed by atoms with E-state index in [-0.39, 0.29) is 0 Å². The molecule has 0 N–H and O–H groups in total. The Morgan fingerprint density at radius 3 is 0.784 bits per heavy atom. The molecule has 0 aliphatic rings. The van der Waals surface area contributed by atoms with Crippen LogP contribution in [0.2, 0.25) is 0 Å². The molecule has 3 aromatic rings. The molecule has 0 atom stereocenters. The molecule has 0 saturated carbocycles. The van der Waals surface area contributed by atoms with Crippen LogP contribution >= 0.6 is 0 Å². The zero-order valence-corrected chi connectivity index (χ0v) is 48.7. The molecule has 418 valence electrons. The number of unbranched alkanes of at least 4 members (excludes halogenated alkanes) is 36. The topological polar surface area (TPSA) is 49.8 Å². The zero-order valence-electron chi connectivity index (χ0n) is 48.7. The second-order valence-electron chi connectivity index (χ2n) is 21.7. The fourth-order valence-corrected chi connectivity index (χ4v) is 9.82. The average molecular weight is 1020 g/mol. The number of hydrogen-bond acceptors (Lipinski definition) is 5. The second kappa shape index (κ2) is 47.7. The summed E-state index contributed by atoms with van der Waals surface area (Å²) in [4.78, 5) is 5.00. The lowest BCUT2D eigenvalue weighted by atomic mass is 10.1. The van der Waals surface area contributed by atoms with Crippen LogP contribution in [0.5, 0.6) is 23.0 Å². The largest absolute Gasteiger partial charge is 0.490 e. The molecule has 1 aromatic heterocycles. The van der Waals surface area contributed by atoms with Crippen molar-refractivity contribution >= 4 is 24.3 Å². The Bertz CT molecular complexity index is 1660. The van der Waals surface area contributed by atoms with Crippen LogP contribution in [0, 0.1) is 0 Å². The van der Waals surface area contributed by atoms with Crippen LogP contribution in [0.15, 0.2) is 54.6 Å². The molecule has 5 heteroatoms. The van der Waals surface area contributed by atoms with Crippen molar-refractivity contribution in [3.8, 4) is 23.0 Å². The summed E-state index contributed by atoms with van der Waals surface area (Å²) in [6, 6.07) is 19.0. The highest BCUT2D eigenvalue weighted by atomic mass is 16.5. The van der Waals surface area contributed by atoms with Crippen molar-refractivity contribution < 1.29 is 18.9 Å². The van der Waals surface area contributed by atoms with Gasteiger partial charge in [-0.1, -0.05) is 289 Å². The van der Waals surface area contributed by atoms with Gasteiger partial charge in [-0.15, -0.1) is 0 Å². The summed E-state index contributed by atoms with van der Waals surface area (Å²) in [5, 5.41) is 0. The van der Waals surface area contributed by atoms with Crippen molar-refractivity contribution in [3.63, 3.8) is 0 Å². The fraction of sp³-hybridized carbons (Fsp3) is 0.696. The lowest BCUT2D eigenvalue weighted by molar-refractivity contribution is 0.258. The third kappa shape index (κ3) is 34.8. The SMILES string of the molecule is CCCCCCCCCCCCOc1ccc(C=Cc2cccc(C=Cc3ccc(OCCCCCCCCCCCC)c(OCCCCCCCCCCCC)c3)n2)cc1OCCCCCCCCCCCC. The molecule has 0 saturated heterocycles. The number of hydrogen-bond donors (Lipinski definition) is 0. The zero-order chi connectivity index (χ0) is 52.5. The summed E-state index contributed by atoms with van der Waals surface area (Å²) in [6.45, 7) is 12.1. The summed E-state index contributed by atoms with van der Waals surface area (Å²) in [5.41, 5.74) is 3.99. The number of benzene rings is 2. The van der Waals surface area contributed by atoms with E-state index in [0.29, 0.717) is 0 Å². The predicted octanol–water partition coefficient (Wildman–Crippen LogP) is 22.6. The van der Waals surface area contributed by atoms with Gasteiger partial charge in [0, 0.05) is 0 Å². The van der Waals surface area contributed by atoms with Gasteiger partial charge in [0.15, 0.2) is 23.0 Å². The molecule has 74 heavy (non-hydrogen) atoms. The van der Waals surface area contributed by atoms with Gasteiger partial charge in [-0.3, -0.25) is 0 Å². The second-order valence-corrected chi connectivity index (χ2v) is 21.7. The standard InChI is InChI=1S/C69H113NO4/c1-5-9-13-17-21-25-29-33-37-41-56-71-66-54-50-62(60-68(66)73-58-43-39-35-31-27-23-19-15-11-7-3)48-52-64-46-45-47-65(70-64)53-49-63-51-55-67(72-57-42-38-34-30-26-22-18-14-10-6-2)69(61-63)74-59-44-40-36-32-28-24-20-16-12-8-4/h45-55,60-61H,5-44,56-59H2,1-4H3. The van der Waals surface area contributed by atoms with Crippen LogP contribution in [0.3, 0.4) is 0 Å². The molecular formula is C69H113NO4. The third-order valence-electron chi connectivity index (χ3n) is 14.6. The van der Waals surface area contributed by atoms with Gasteiger partial charge >= 0.3 is 0 Å². The molecule has 0 fully saturated rings. The van der Waals surface area contributed by atoms with Crippen molar-refractivity contribution in [1.29, 1.82) is 0 Å². The van der Waals surface area contributed by atoms with Crippen LogP contribution in [-0.2, 0) is 0 Å². The highest BCUT2D eigenvalue weighted by Crippen LogP contribution is 2.32. The van der Waals surface area contributed by atoms with E-state index in [1.165, 1.54) is 231 Å². The Hall–Kier alpha value is -3.73. The van der Waals surface area contributed by atoms with Gasteiger partial charge in [0.2, 0.25) is 0 Å². The Morgan fingerprint density at radius 2 is 0.514 bits per heavy atom. The molecule has 0 amide bonds. The smallest absolute Gasteiger partial charge is 0.161 e. The van der Waals surface area contributed by atoms with Gasteiger partial charge in [0.05, 0.1) is 37.8 Å². The minimum absolute atomic E-state index is 0.719. The van der Waals surface area contributed by atoms with Crippen LogP contribution in [-0.4, -0.2) is 31.4 Å². The van der Waals surface area contributed by atoms with Crippen LogP contribution < -0.4 is 18.9 Å². The Morgan fingerprint density at radius 1 is 0.270 bits per heavy atom. The van der Waals surface area contributed by atoms with E-state index in [0.717, 1.165) is 97.6 Å². The molecule has 0 aliphatic carbocycles. The van der Waals surface area contributed by atoms with E-state index in [1.54, 1.807) is 0 Å². The molecule has 0 radical (unpaired) electrons. The van der Waals surface area contributed by atoms with Gasteiger partial charge < -0.3 is 18.9 Å². The maximum atomic E-state index is 6.47. The maximum absolute atomic E-state index is 6.47. The number of ether oxygens (including phenoxy) is 4. The van der Waals surface area contributed by atoms with Gasteiger partial charge in [-0.05, 0) is 85.4 Å². The van der Waals surface area contributed by atoms with Gasteiger partial charge in [-0.2, -0.15) is 0 Å². The Labute approximate surface area is 457 Å². The molecule has 2 aromatic carbocycles. The Balaban J connectivity index is 1.59. The predicted molar refractivity (Wildman–Crippen MR) is 324 cm³/mol. The van der Waals surface area contributed by atoms with Crippen molar-refractivity contribution in [1.82, 2.24) is 4.98 Å². The van der Waals surface area contributed by atoms with Crippen LogP contribution in [0.25, 0.3) is 24.3 Å². The van der Waals surface area contributed by atoms with Gasteiger partial charge in [-0.25, -0.2) is 4.98 Å². The normalized spacial score (nSPS) is 11.6. The molecular weight excluding hydrogens is 907 g/mol. The quantitative estimate of drug-likeness (QED) is 0.0528. The molecule has 0 unspecified atom stereocenters. The van der Waals surface area contributed by atoms with E-state index >= 15 is 0 Å². The summed E-state index contributed by atoms with van der Waals surface area (Å²) < 4.78 is 25.7. The highest BCUT2D eigenvalue weighted by molar-refractivity contribution is 5.72. The maximum Gasteiger partial charge on any atom is 0.161 e. The number of nitrogens with zero attached hydrogens (tertiary/aromatic N) is 1. The molecule has 0 bridgehead atoms. The minimum Gasteiger partial charge on any atom is -0.490 e. The van der Waals surface area contributed by atoms with Gasteiger partial charge in [0.1, 0.15) is 0 Å². The number of pyridine rings is 1. The fourth-order valence-electron chi connectivity index (χ4n) is 9.82. The summed E-state index contributed by atoms with van der Waals surface area (Å²) in [7, 11) is 0. The van der Waals surface area contributed by atoms with E-state index < -0.39 is 0 Å². The first-order chi connectivity index (χ1) is 36.7. The van der Waals surface area contributed by atoms with Crippen molar-refractivity contribution in [2.24, 2.45) is 0 Å². The molecule has 3 rings (SSSR count). The van der Waals surface area contributed by atoms with E-state index in [2.05, 4.69) is 107 Å². The molecule has 5 nitrogen and oxygen atoms in total. The molecule has 0 aliphatic heterocycles. The first-order valence-corrected chi connectivity index (χ1v) is 31.8. The Kier molecular flexibility index (Phi) is 41.6. The summed E-state index contributed by atoms with van der Waals surface area (Å²) >= 11 is 0. The summed E-state index contributed by atoms with van der Waals surface area (Å²) in [6.07, 6.45) is 61.2. The first kappa shape index (κ1) is 64.6.